The Kier molecular flexibility index (Phi) is 6.23. The number of hydrogen-bond donors (Lipinski definition) is 0. The van der Waals surface area contributed by atoms with Crippen LogP contribution in [0, 0.1) is 0 Å². The topological polar surface area (TPSA) is 39.7 Å². The third-order valence-electron chi connectivity index (χ3n) is 5.04. The number of amides is 1. The minimum atomic E-state index is 0.125. The molecule has 0 radical (unpaired) electrons. The van der Waals surface area contributed by atoms with E-state index in [9.17, 15) is 4.79 Å². The number of anilines is 1. The van der Waals surface area contributed by atoms with E-state index in [0.717, 1.165) is 57.2 Å². The molecule has 1 saturated heterocycles. The maximum absolute atomic E-state index is 12.8. The Labute approximate surface area is 156 Å². The fraction of sp³-hybridized carbons (Fsp3) is 0.429. The summed E-state index contributed by atoms with van der Waals surface area (Å²) in [5.74, 6) is 1.11. The molecule has 0 aliphatic carbocycles. The highest BCUT2D eigenvalue weighted by atomic mass is 16.2. The van der Waals surface area contributed by atoms with E-state index in [1.165, 1.54) is 5.56 Å². The number of pyridine rings is 1. The van der Waals surface area contributed by atoms with Crippen LogP contribution < -0.4 is 4.90 Å². The van der Waals surface area contributed by atoms with E-state index in [0.29, 0.717) is 0 Å². The number of benzene rings is 1. The first-order chi connectivity index (χ1) is 12.7. The summed E-state index contributed by atoms with van der Waals surface area (Å²) in [6, 6.07) is 14.0. The van der Waals surface area contributed by atoms with Crippen LogP contribution in [-0.2, 0) is 6.54 Å². The standard InChI is InChI=1S/C21H28N4O/c1-3-23(4-2)17-18-8-10-19(11-9-18)21(26)25-15-13-24(14-16-25)20-7-5-6-12-22-20/h5-12H,3-4,13-17H2,1-2H3. The number of hydrogen-bond acceptors (Lipinski definition) is 4. The number of piperazine rings is 1. The predicted octanol–water partition coefficient (Wildman–Crippen LogP) is 2.89. The van der Waals surface area contributed by atoms with Crippen LogP contribution >= 0.6 is 0 Å². The molecule has 3 rings (SSSR count). The number of nitrogens with zero attached hydrogens (tertiary/aromatic N) is 4. The Hall–Kier alpha value is -2.40. The molecule has 1 aromatic carbocycles. The molecule has 138 valence electrons. The smallest absolute Gasteiger partial charge is 0.253 e. The van der Waals surface area contributed by atoms with Crippen molar-refractivity contribution >= 4 is 11.7 Å². The van der Waals surface area contributed by atoms with Crippen molar-refractivity contribution in [1.29, 1.82) is 0 Å². The summed E-state index contributed by atoms with van der Waals surface area (Å²) in [6.07, 6.45) is 1.81. The van der Waals surface area contributed by atoms with Gasteiger partial charge in [0.15, 0.2) is 0 Å². The number of carbonyl (C=O) groups excluding carboxylic acids is 1. The summed E-state index contributed by atoms with van der Waals surface area (Å²) in [4.78, 5) is 23.7. The minimum absolute atomic E-state index is 0.125. The van der Waals surface area contributed by atoms with E-state index >= 15 is 0 Å². The molecular weight excluding hydrogens is 324 g/mol. The van der Waals surface area contributed by atoms with Gasteiger partial charge in [-0.3, -0.25) is 9.69 Å². The Morgan fingerprint density at radius 2 is 1.69 bits per heavy atom. The van der Waals surface area contributed by atoms with E-state index in [1.807, 2.05) is 41.4 Å². The zero-order valence-electron chi connectivity index (χ0n) is 15.8. The highest BCUT2D eigenvalue weighted by Crippen LogP contribution is 2.15. The molecule has 5 nitrogen and oxygen atoms in total. The zero-order chi connectivity index (χ0) is 18.4. The summed E-state index contributed by atoms with van der Waals surface area (Å²) in [5, 5.41) is 0. The van der Waals surface area contributed by atoms with Crippen molar-refractivity contribution in [2.45, 2.75) is 20.4 Å². The maximum atomic E-state index is 12.8. The normalized spacial score (nSPS) is 14.7. The monoisotopic (exact) mass is 352 g/mol. The molecule has 1 aliphatic rings. The molecule has 1 fully saturated rings. The van der Waals surface area contributed by atoms with Crippen molar-refractivity contribution < 1.29 is 4.79 Å². The van der Waals surface area contributed by atoms with Gasteiger partial charge in [-0.1, -0.05) is 32.0 Å². The average molecular weight is 352 g/mol. The molecular formula is C21H28N4O. The van der Waals surface area contributed by atoms with Gasteiger partial charge in [0.05, 0.1) is 0 Å². The van der Waals surface area contributed by atoms with Crippen molar-refractivity contribution in [2.75, 3.05) is 44.2 Å². The molecule has 0 N–H and O–H groups in total. The van der Waals surface area contributed by atoms with E-state index in [4.69, 9.17) is 0 Å². The first-order valence-electron chi connectivity index (χ1n) is 9.47. The lowest BCUT2D eigenvalue weighted by atomic mass is 10.1. The molecule has 0 atom stereocenters. The predicted molar refractivity (Wildman–Crippen MR) is 105 cm³/mol. The lowest BCUT2D eigenvalue weighted by Gasteiger charge is -2.35. The first kappa shape index (κ1) is 18.4. The van der Waals surface area contributed by atoms with E-state index < -0.39 is 0 Å². The SMILES string of the molecule is CCN(CC)Cc1ccc(C(=O)N2CCN(c3ccccn3)CC2)cc1. The van der Waals surface area contributed by atoms with E-state index in [2.05, 4.69) is 40.8 Å². The summed E-state index contributed by atoms with van der Waals surface area (Å²) in [7, 11) is 0. The van der Waals surface area contributed by atoms with E-state index in [1.54, 1.807) is 0 Å². The van der Waals surface area contributed by atoms with Crippen LogP contribution in [-0.4, -0.2) is 60.0 Å². The lowest BCUT2D eigenvalue weighted by molar-refractivity contribution is 0.0746. The Bertz CT molecular complexity index is 690. The third-order valence-corrected chi connectivity index (χ3v) is 5.04. The van der Waals surface area contributed by atoms with Crippen LogP contribution in [0.3, 0.4) is 0 Å². The van der Waals surface area contributed by atoms with Crippen molar-refractivity contribution in [1.82, 2.24) is 14.8 Å². The molecule has 0 unspecified atom stereocenters. The highest BCUT2D eigenvalue weighted by Gasteiger charge is 2.22. The summed E-state index contributed by atoms with van der Waals surface area (Å²) in [5.41, 5.74) is 2.03. The van der Waals surface area contributed by atoms with Gasteiger partial charge in [0.1, 0.15) is 5.82 Å². The van der Waals surface area contributed by atoms with Crippen LogP contribution in [0.5, 0.6) is 0 Å². The maximum Gasteiger partial charge on any atom is 0.253 e. The second kappa shape index (κ2) is 8.81. The fourth-order valence-electron chi connectivity index (χ4n) is 3.32. The molecule has 0 bridgehead atoms. The number of carbonyl (C=O) groups is 1. The van der Waals surface area contributed by atoms with Crippen molar-refractivity contribution in [2.24, 2.45) is 0 Å². The van der Waals surface area contributed by atoms with Gasteiger partial charge in [0.2, 0.25) is 0 Å². The molecule has 1 aliphatic heterocycles. The zero-order valence-corrected chi connectivity index (χ0v) is 15.8. The largest absolute Gasteiger partial charge is 0.353 e. The molecule has 2 heterocycles. The third kappa shape index (κ3) is 4.41. The summed E-state index contributed by atoms with van der Waals surface area (Å²) in [6.45, 7) is 10.5. The Balaban J connectivity index is 1.56. The van der Waals surface area contributed by atoms with Gasteiger partial charge < -0.3 is 9.80 Å². The Morgan fingerprint density at radius 1 is 1.00 bits per heavy atom. The van der Waals surface area contributed by atoms with Crippen LogP contribution in [0.15, 0.2) is 48.7 Å². The van der Waals surface area contributed by atoms with Crippen molar-refractivity contribution in [3.8, 4) is 0 Å². The summed E-state index contributed by atoms with van der Waals surface area (Å²) >= 11 is 0. The molecule has 1 amide bonds. The molecule has 26 heavy (non-hydrogen) atoms. The fourth-order valence-corrected chi connectivity index (χ4v) is 3.32. The van der Waals surface area contributed by atoms with Crippen LogP contribution in [0.25, 0.3) is 0 Å². The van der Waals surface area contributed by atoms with Crippen molar-refractivity contribution in [3.63, 3.8) is 0 Å². The average Bonchev–Trinajstić information content (AvgIpc) is 2.72. The molecule has 1 aromatic heterocycles. The minimum Gasteiger partial charge on any atom is -0.353 e. The van der Waals surface area contributed by atoms with E-state index in [-0.39, 0.29) is 5.91 Å². The first-order valence-corrected chi connectivity index (χ1v) is 9.47. The second-order valence-electron chi connectivity index (χ2n) is 6.63. The molecule has 0 spiro atoms. The van der Waals surface area contributed by atoms with Crippen LogP contribution in [0.4, 0.5) is 5.82 Å². The summed E-state index contributed by atoms with van der Waals surface area (Å²) < 4.78 is 0. The van der Waals surface area contributed by atoms with Gasteiger partial charge in [-0.05, 0) is 42.9 Å². The lowest BCUT2D eigenvalue weighted by Crippen LogP contribution is -2.49. The van der Waals surface area contributed by atoms with Gasteiger partial charge in [-0.15, -0.1) is 0 Å². The second-order valence-corrected chi connectivity index (χ2v) is 6.63. The number of aromatic nitrogens is 1. The number of rotatable bonds is 6. The van der Waals surface area contributed by atoms with Gasteiger partial charge in [0, 0.05) is 44.5 Å². The molecule has 2 aromatic rings. The van der Waals surface area contributed by atoms with Crippen molar-refractivity contribution in [3.05, 3.63) is 59.8 Å². The molecule has 5 heteroatoms. The highest BCUT2D eigenvalue weighted by molar-refractivity contribution is 5.94. The van der Waals surface area contributed by atoms with Crippen LogP contribution in [0.1, 0.15) is 29.8 Å². The molecule has 0 saturated carbocycles. The van der Waals surface area contributed by atoms with Gasteiger partial charge in [-0.2, -0.15) is 0 Å². The quantitative estimate of drug-likeness (QED) is 0.801. The van der Waals surface area contributed by atoms with Crippen LogP contribution in [0.2, 0.25) is 0 Å². The van der Waals surface area contributed by atoms with Gasteiger partial charge >= 0.3 is 0 Å². The van der Waals surface area contributed by atoms with Gasteiger partial charge in [0.25, 0.3) is 5.91 Å². The Morgan fingerprint density at radius 3 is 2.27 bits per heavy atom. The van der Waals surface area contributed by atoms with Gasteiger partial charge in [-0.25, -0.2) is 4.98 Å².